The van der Waals surface area contributed by atoms with E-state index in [0.717, 1.165) is 11.3 Å². The van der Waals surface area contributed by atoms with Crippen LogP contribution in [0.4, 0.5) is 4.39 Å². The van der Waals surface area contributed by atoms with Crippen molar-refractivity contribution in [3.05, 3.63) is 48.8 Å². The number of carbonyl (C=O) groups excluding carboxylic acids is 1. The standard InChI is InChI=1S/C12H6BrCl2FO2S/c13-6-1-7(16)3-8(2-6)18-5-10(17)9-4-11(14)19-12(9)15/h1-4H,5H2. The smallest absolute Gasteiger partial charge is 0.202 e. The fraction of sp³-hybridized carbons (Fsp3) is 0.0833. The molecule has 0 aliphatic rings. The Kier molecular flexibility index (Phi) is 4.84. The molecular weight excluding hydrogens is 378 g/mol. The van der Waals surface area contributed by atoms with E-state index in [1.54, 1.807) is 6.07 Å². The molecule has 0 aliphatic carbocycles. The number of Topliss-reactive ketones (excluding diaryl/α,β-unsaturated/α-hetero) is 1. The zero-order valence-electron chi connectivity index (χ0n) is 9.25. The minimum absolute atomic E-state index is 0.233. The molecule has 2 rings (SSSR count). The van der Waals surface area contributed by atoms with Gasteiger partial charge in [0.1, 0.15) is 15.9 Å². The van der Waals surface area contributed by atoms with Gasteiger partial charge in [-0.15, -0.1) is 11.3 Å². The molecule has 0 radical (unpaired) electrons. The molecular formula is C12H6BrCl2FO2S. The Balaban J connectivity index is 2.06. The second-order valence-corrected chi connectivity index (χ2v) is 6.76. The van der Waals surface area contributed by atoms with E-state index >= 15 is 0 Å². The average Bonchev–Trinajstić information content (AvgIpc) is 2.64. The third kappa shape index (κ3) is 3.92. The van der Waals surface area contributed by atoms with Gasteiger partial charge in [0.25, 0.3) is 0 Å². The summed E-state index contributed by atoms with van der Waals surface area (Å²) in [5.41, 5.74) is 0.312. The van der Waals surface area contributed by atoms with E-state index in [-0.39, 0.29) is 18.1 Å². The Morgan fingerprint density at radius 3 is 2.63 bits per heavy atom. The van der Waals surface area contributed by atoms with Crippen LogP contribution >= 0.6 is 50.5 Å². The highest BCUT2D eigenvalue weighted by molar-refractivity contribution is 9.10. The average molecular weight is 384 g/mol. The first-order chi connectivity index (χ1) is 8.95. The van der Waals surface area contributed by atoms with Crippen molar-refractivity contribution in [3.8, 4) is 5.75 Å². The third-order valence-electron chi connectivity index (χ3n) is 2.16. The highest BCUT2D eigenvalue weighted by atomic mass is 79.9. The minimum Gasteiger partial charge on any atom is -0.485 e. The maximum atomic E-state index is 13.1. The molecule has 0 amide bonds. The summed E-state index contributed by atoms with van der Waals surface area (Å²) in [5, 5.41) is 0. The summed E-state index contributed by atoms with van der Waals surface area (Å²) < 4.78 is 19.6. The van der Waals surface area contributed by atoms with Crippen molar-refractivity contribution in [2.45, 2.75) is 0 Å². The number of benzene rings is 1. The topological polar surface area (TPSA) is 26.3 Å². The molecule has 0 fully saturated rings. The molecule has 0 aliphatic heterocycles. The molecule has 0 saturated carbocycles. The van der Waals surface area contributed by atoms with Crippen LogP contribution < -0.4 is 4.74 Å². The van der Waals surface area contributed by atoms with Crippen molar-refractivity contribution in [1.29, 1.82) is 0 Å². The van der Waals surface area contributed by atoms with Crippen molar-refractivity contribution >= 4 is 56.3 Å². The number of halogens is 4. The van der Waals surface area contributed by atoms with E-state index in [2.05, 4.69) is 15.9 Å². The lowest BCUT2D eigenvalue weighted by Crippen LogP contribution is -2.11. The first-order valence-electron chi connectivity index (χ1n) is 5.02. The molecule has 0 saturated heterocycles. The summed E-state index contributed by atoms with van der Waals surface area (Å²) >= 11 is 15.9. The zero-order valence-corrected chi connectivity index (χ0v) is 13.2. The summed E-state index contributed by atoms with van der Waals surface area (Å²) in [6, 6.07) is 5.55. The van der Waals surface area contributed by atoms with E-state index in [4.69, 9.17) is 27.9 Å². The lowest BCUT2D eigenvalue weighted by atomic mass is 10.2. The van der Waals surface area contributed by atoms with Crippen molar-refractivity contribution in [1.82, 2.24) is 0 Å². The fourth-order valence-corrected chi connectivity index (χ4v) is 3.31. The van der Waals surface area contributed by atoms with Crippen molar-refractivity contribution in [2.75, 3.05) is 6.61 Å². The summed E-state index contributed by atoms with van der Waals surface area (Å²) in [5.74, 6) is -0.500. The van der Waals surface area contributed by atoms with Crippen molar-refractivity contribution in [2.24, 2.45) is 0 Å². The molecule has 0 N–H and O–H groups in total. The van der Waals surface area contributed by atoms with Crippen LogP contribution in [0.25, 0.3) is 0 Å². The molecule has 2 nitrogen and oxygen atoms in total. The van der Waals surface area contributed by atoms with Crippen molar-refractivity contribution in [3.63, 3.8) is 0 Å². The monoisotopic (exact) mass is 382 g/mol. The lowest BCUT2D eigenvalue weighted by molar-refractivity contribution is 0.0922. The number of hydrogen-bond donors (Lipinski definition) is 0. The Bertz CT molecular complexity index is 610. The first-order valence-corrected chi connectivity index (χ1v) is 7.39. The molecule has 0 spiro atoms. The Morgan fingerprint density at radius 1 is 1.32 bits per heavy atom. The lowest BCUT2D eigenvalue weighted by Gasteiger charge is -2.05. The molecule has 19 heavy (non-hydrogen) atoms. The number of thiophene rings is 1. The number of hydrogen-bond acceptors (Lipinski definition) is 3. The van der Waals surface area contributed by atoms with Crippen molar-refractivity contribution < 1.29 is 13.9 Å². The molecule has 1 heterocycles. The number of ketones is 1. The quantitative estimate of drug-likeness (QED) is 0.676. The van der Waals surface area contributed by atoms with E-state index in [1.807, 2.05) is 0 Å². The predicted molar refractivity (Wildman–Crippen MR) is 78.3 cm³/mol. The third-order valence-corrected chi connectivity index (χ3v) is 4.11. The van der Waals surface area contributed by atoms with Crippen LogP contribution in [0.1, 0.15) is 10.4 Å². The summed E-state index contributed by atoms with van der Waals surface area (Å²) in [4.78, 5) is 11.9. The molecule has 1 aromatic carbocycles. The van der Waals surface area contributed by atoms with Crippen LogP contribution in [0.3, 0.4) is 0 Å². The second-order valence-electron chi connectivity index (χ2n) is 3.55. The first kappa shape index (κ1) is 14.8. The van der Waals surface area contributed by atoms with Crippen LogP contribution in [0.5, 0.6) is 5.75 Å². The van der Waals surface area contributed by atoms with Gasteiger partial charge in [0.05, 0.1) is 9.90 Å². The number of rotatable bonds is 4. The number of carbonyl (C=O) groups is 1. The van der Waals surface area contributed by atoms with Crippen LogP contribution in [-0.4, -0.2) is 12.4 Å². The molecule has 0 bridgehead atoms. The van der Waals surface area contributed by atoms with Gasteiger partial charge in [-0.3, -0.25) is 4.79 Å². The normalized spacial score (nSPS) is 10.5. The summed E-state index contributed by atoms with van der Waals surface area (Å²) in [6.07, 6.45) is 0. The molecule has 100 valence electrons. The van der Waals surface area contributed by atoms with Crippen LogP contribution in [-0.2, 0) is 0 Å². The van der Waals surface area contributed by atoms with Gasteiger partial charge >= 0.3 is 0 Å². The Hall–Kier alpha value is -0.620. The zero-order chi connectivity index (χ0) is 14.0. The molecule has 7 heteroatoms. The highest BCUT2D eigenvalue weighted by Crippen LogP contribution is 2.31. The van der Waals surface area contributed by atoms with Crippen LogP contribution in [0.15, 0.2) is 28.7 Å². The summed E-state index contributed by atoms with van der Waals surface area (Å²) in [7, 11) is 0. The van der Waals surface area contributed by atoms with Gasteiger partial charge in [-0.1, -0.05) is 39.1 Å². The van der Waals surface area contributed by atoms with E-state index in [9.17, 15) is 9.18 Å². The highest BCUT2D eigenvalue weighted by Gasteiger charge is 2.15. The number of ether oxygens (including phenoxy) is 1. The molecule has 1 aromatic heterocycles. The van der Waals surface area contributed by atoms with Gasteiger partial charge in [0.2, 0.25) is 5.78 Å². The largest absolute Gasteiger partial charge is 0.485 e. The maximum absolute atomic E-state index is 13.1. The van der Waals surface area contributed by atoms with Gasteiger partial charge in [0.15, 0.2) is 6.61 Å². The van der Waals surface area contributed by atoms with Crippen LogP contribution in [0, 0.1) is 5.82 Å². The summed E-state index contributed by atoms with van der Waals surface area (Å²) in [6.45, 7) is -0.233. The van der Waals surface area contributed by atoms with Gasteiger partial charge in [-0.2, -0.15) is 0 Å². The predicted octanol–water partition coefficient (Wildman–Crippen LogP) is 5.22. The van der Waals surface area contributed by atoms with Gasteiger partial charge in [0, 0.05) is 10.5 Å². The molecule has 0 atom stereocenters. The Morgan fingerprint density at radius 2 is 2.05 bits per heavy atom. The molecule has 0 unspecified atom stereocenters. The molecule has 2 aromatic rings. The van der Waals surface area contributed by atoms with Gasteiger partial charge in [-0.25, -0.2) is 4.39 Å². The SMILES string of the molecule is O=C(COc1cc(F)cc(Br)c1)c1cc(Cl)sc1Cl. The van der Waals surface area contributed by atoms with Gasteiger partial charge in [-0.05, 0) is 18.2 Å². The second kappa shape index (κ2) is 6.22. The minimum atomic E-state index is -0.451. The van der Waals surface area contributed by atoms with E-state index in [1.165, 1.54) is 18.2 Å². The maximum Gasteiger partial charge on any atom is 0.202 e. The van der Waals surface area contributed by atoms with E-state index < -0.39 is 5.82 Å². The Labute approximate surface area is 131 Å². The fourth-order valence-electron chi connectivity index (χ4n) is 1.37. The van der Waals surface area contributed by atoms with Gasteiger partial charge < -0.3 is 4.74 Å². The van der Waals surface area contributed by atoms with E-state index in [0.29, 0.717) is 18.7 Å². The van der Waals surface area contributed by atoms with Crippen LogP contribution in [0.2, 0.25) is 8.67 Å².